The summed E-state index contributed by atoms with van der Waals surface area (Å²) in [5.74, 6) is -1.07. The Morgan fingerprint density at radius 1 is 1.35 bits per heavy atom. The molecule has 1 atom stereocenters. The molecule has 0 aromatic heterocycles. The van der Waals surface area contributed by atoms with Crippen LogP contribution in [0, 0.1) is 0 Å². The molecule has 0 bridgehead atoms. The summed E-state index contributed by atoms with van der Waals surface area (Å²) in [7, 11) is 0. The predicted molar refractivity (Wildman–Crippen MR) is 79.7 cm³/mol. The Hall–Kier alpha value is -1.55. The predicted octanol–water partition coefficient (Wildman–Crippen LogP) is 3.24. The van der Waals surface area contributed by atoms with E-state index in [1.807, 2.05) is 6.07 Å². The number of fused-ring (bicyclic) bond motifs is 1. The molecule has 1 amide bonds. The number of amides is 1. The second-order valence-corrected chi connectivity index (χ2v) is 5.79. The van der Waals surface area contributed by atoms with Gasteiger partial charge in [0.2, 0.25) is 0 Å². The minimum Gasteiger partial charge on any atom is -0.367 e. The van der Waals surface area contributed by atoms with Gasteiger partial charge in [0.25, 0.3) is 11.7 Å². The van der Waals surface area contributed by atoms with Crippen LogP contribution in [-0.4, -0.2) is 24.3 Å². The number of benzene rings is 1. The Balaban J connectivity index is 2.01. The van der Waals surface area contributed by atoms with Crippen molar-refractivity contribution in [2.24, 2.45) is 0 Å². The molecule has 1 aromatic carbocycles. The molecule has 2 aliphatic rings. The van der Waals surface area contributed by atoms with E-state index in [4.69, 9.17) is 11.6 Å². The van der Waals surface area contributed by atoms with Crippen molar-refractivity contribution in [3.05, 3.63) is 22.7 Å². The van der Waals surface area contributed by atoms with Gasteiger partial charge < -0.3 is 10.2 Å². The van der Waals surface area contributed by atoms with Crippen LogP contribution in [0.1, 0.15) is 43.0 Å². The van der Waals surface area contributed by atoms with Gasteiger partial charge in [-0.3, -0.25) is 9.59 Å². The lowest BCUT2D eigenvalue weighted by Crippen LogP contribution is -2.39. The van der Waals surface area contributed by atoms with Crippen LogP contribution in [0.25, 0.3) is 0 Å². The topological polar surface area (TPSA) is 49.4 Å². The van der Waals surface area contributed by atoms with E-state index in [1.165, 1.54) is 6.42 Å². The van der Waals surface area contributed by atoms with Crippen LogP contribution in [0.5, 0.6) is 0 Å². The fourth-order valence-corrected chi connectivity index (χ4v) is 3.39. The zero-order valence-corrected chi connectivity index (χ0v) is 12.2. The molecule has 3 rings (SSSR count). The number of carbonyl (C=O) groups excluding carboxylic acids is 2. The fourth-order valence-electron chi connectivity index (χ4n) is 3.12. The average molecular weight is 293 g/mol. The molecular formula is C15H17ClN2O2. The summed E-state index contributed by atoms with van der Waals surface area (Å²) < 4.78 is 0. The van der Waals surface area contributed by atoms with Gasteiger partial charge in [-0.2, -0.15) is 0 Å². The first-order chi connectivity index (χ1) is 9.61. The molecule has 5 heteroatoms. The third-order valence-electron chi connectivity index (χ3n) is 4.19. The van der Waals surface area contributed by atoms with E-state index in [1.54, 1.807) is 6.07 Å². The van der Waals surface area contributed by atoms with Gasteiger partial charge in [-0.1, -0.05) is 18.5 Å². The Morgan fingerprint density at radius 3 is 2.90 bits per heavy atom. The maximum atomic E-state index is 11.7. The summed E-state index contributed by atoms with van der Waals surface area (Å²) in [4.78, 5) is 25.4. The van der Waals surface area contributed by atoms with Crippen molar-refractivity contribution in [1.29, 1.82) is 0 Å². The van der Waals surface area contributed by atoms with E-state index in [9.17, 15) is 9.59 Å². The first kappa shape index (κ1) is 13.4. The summed E-state index contributed by atoms with van der Waals surface area (Å²) in [6.45, 7) is 3.15. The van der Waals surface area contributed by atoms with E-state index in [0.29, 0.717) is 22.3 Å². The Kier molecular flexibility index (Phi) is 3.42. The summed E-state index contributed by atoms with van der Waals surface area (Å²) >= 11 is 6.34. The Bertz CT molecular complexity index is 585. The van der Waals surface area contributed by atoms with Gasteiger partial charge in [0, 0.05) is 12.6 Å². The lowest BCUT2D eigenvalue weighted by molar-refractivity contribution is -0.112. The number of hydrogen-bond donors (Lipinski definition) is 1. The van der Waals surface area contributed by atoms with Crippen LogP contribution >= 0.6 is 11.6 Å². The third kappa shape index (κ3) is 2.08. The molecule has 1 unspecified atom stereocenters. The normalized spacial score (nSPS) is 21.9. The SMILES string of the molecule is CCC1CCCCN1c1cc2c(cc1Cl)C(=O)C(=O)N2. The molecule has 4 nitrogen and oxygen atoms in total. The maximum Gasteiger partial charge on any atom is 0.296 e. The average Bonchev–Trinajstić information content (AvgIpc) is 2.73. The number of carbonyl (C=O) groups is 2. The zero-order valence-electron chi connectivity index (χ0n) is 11.4. The molecule has 2 aliphatic heterocycles. The van der Waals surface area contributed by atoms with Crippen molar-refractivity contribution in [1.82, 2.24) is 0 Å². The molecule has 1 saturated heterocycles. The first-order valence-corrected chi connectivity index (χ1v) is 7.45. The second-order valence-electron chi connectivity index (χ2n) is 5.38. The van der Waals surface area contributed by atoms with Crippen molar-refractivity contribution in [2.45, 2.75) is 38.6 Å². The second kappa shape index (κ2) is 5.09. The van der Waals surface area contributed by atoms with Crippen molar-refractivity contribution >= 4 is 34.7 Å². The number of nitrogens with zero attached hydrogens (tertiary/aromatic N) is 1. The molecule has 0 saturated carbocycles. The van der Waals surface area contributed by atoms with E-state index >= 15 is 0 Å². The van der Waals surface area contributed by atoms with Gasteiger partial charge in [0.05, 0.1) is 22.0 Å². The molecule has 20 heavy (non-hydrogen) atoms. The van der Waals surface area contributed by atoms with Crippen LogP contribution in [0.4, 0.5) is 11.4 Å². The molecule has 1 fully saturated rings. The quantitative estimate of drug-likeness (QED) is 0.851. The number of nitrogens with one attached hydrogen (secondary N) is 1. The molecule has 1 N–H and O–H groups in total. The monoisotopic (exact) mass is 292 g/mol. The third-order valence-corrected chi connectivity index (χ3v) is 4.50. The van der Waals surface area contributed by atoms with E-state index in [0.717, 1.165) is 31.5 Å². The zero-order chi connectivity index (χ0) is 14.3. The molecule has 0 aliphatic carbocycles. The summed E-state index contributed by atoms with van der Waals surface area (Å²) in [6, 6.07) is 3.94. The van der Waals surface area contributed by atoms with E-state index < -0.39 is 11.7 Å². The summed E-state index contributed by atoms with van der Waals surface area (Å²) in [5.41, 5.74) is 1.89. The molecular weight excluding hydrogens is 276 g/mol. The summed E-state index contributed by atoms with van der Waals surface area (Å²) in [5, 5.41) is 3.16. The minimum atomic E-state index is -0.570. The van der Waals surface area contributed by atoms with Gasteiger partial charge in [-0.15, -0.1) is 0 Å². The van der Waals surface area contributed by atoms with Gasteiger partial charge in [0.1, 0.15) is 0 Å². The number of Topliss-reactive ketones (excluding diaryl/α,β-unsaturated/α-hetero) is 1. The van der Waals surface area contributed by atoms with Gasteiger partial charge in [0.15, 0.2) is 0 Å². The highest BCUT2D eigenvalue weighted by molar-refractivity contribution is 6.52. The Labute approximate surface area is 123 Å². The van der Waals surface area contributed by atoms with Crippen molar-refractivity contribution in [3.63, 3.8) is 0 Å². The number of ketones is 1. The summed E-state index contributed by atoms with van der Waals surface area (Å²) in [6.07, 6.45) is 4.62. The molecule has 2 heterocycles. The standard InChI is InChI=1S/C15H17ClN2O2/c1-2-9-5-3-4-6-18(9)13-8-12-10(7-11(13)16)14(19)15(20)17-12/h7-9H,2-6H2,1H3,(H,17,19,20). The molecule has 106 valence electrons. The fraction of sp³-hybridized carbons (Fsp3) is 0.467. The highest BCUT2D eigenvalue weighted by atomic mass is 35.5. The number of anilines is 2. The van der Waals surface area contributed by atoms with Crippen LogP contribution in [0.3, 0.4) is 0 Å². The maximum absolute atomic E-state index is 11.7. The van der Waals surface area contributed by atoms with Crippen LogP contribution in [-0.2, 0) is 4.79 Å². The number of halogens is 1. The van der Waals surface area contributed by atoms with Gasteiger partial charge in [-0.25, -0.2) is 0 Å². The van der Waals surface area contributed by atoms with E-state index in [2.05, 4.69) is 17.1 Å². The van der Waals surface area contributed by atoms with Crippen molar-refractivity contribution in [3.8, 4) is 0 Å². The van der Waals surface area contributed by atoms with Crippen LogP contribution < -0.4 is 10.2 Å². The van der Waals surface area contributed by atoms with Crippen LogP contribution in [0.15, 0.2) is 12.1 Å². The smallest absolute Gasteiger partial charge is 0.296 e. The molecule has 0 radical (unpaired) electrons. The lowest BCUT2D eigenvalue weighted by atomic mass is 9.98. The van der Waals surface area contributed by atoms with Crippen molar-refractivity contribution < 1.29 is 9.59 Å². The highest BCUT2D eigenvalue weighted by Crippen LogP contribution is 2.38. The van der Waals surface area contributed by atoms with Gasteiger partial charge in [-0.05, 0) is 37.8 Å². The number of piperidine rings is 1. The highest BCUT2D eigenvalue weighted by Gasteiger charge is 2.31. The number of rotatable bonds is 2. The minimum absolute atomic E-state index is 0.383. The lowest BCUT2D eigenvalue weighted by Gasteiger charge is -2.37. The van der Waals surface area contributed by atoms with Crippen LogP contribution in [0.2, 0.25) is 5.02 Å². The van der Waals surface area contributed by atoms with E-state index in [-0.39, 0.29) is 0 Å². The Morgan fingerprint density at radius 2 is 2.15 bits per heavy atom. The number of hydrogen-bond acceptors (Lipinski definition) is 3. The largest absolute Gasteiger partial charge is 0.367 e. The van der Waals surface area contributed by atoms with Gasteiger partial charge >= 0.3 is 0 Å². The molecule has 0 spiro atoms. The molecule has 1 aromatic rings. The van der Waals surface area contributed by atoms with Crippen molar-refractivity contribution in [2.75, 3.05) is 16.8 Å². The first-order valence-electron chi connectivity index (χ1n) is 7.07.